The largest absolute Gasteiger partial charge is 0.361 e. The molecule has 0 fully saturated rings. The summed E-state index contributed by atoms with van der Waals surface area (Å²) in [5, 5.41) is 7.20. The molecule has 2 heterocycles. The summed E-state index contributed by atoms with van der Waals surface area (Å²) < 4.78 is 6.00. The summed E-state index contributed by atoms with van der Waals surface area (Å²) >= 11 is 1.47. The summed E-state index contributed by atoms with van der Waals surface area (Å²) in [4.78, 5) is 16.3. The van der Waals surface area contributed by atoms with E-state index in [4.69, 9.17) is 4.52 Å². The molecule has 0 radical (unpaired) electrons. The lowest BCUT2D eigenvalue weighted by Gasteiger charge is -1.97. The highest BCUT2D eigenvalue weighted by molar-refractivity contribution is 7.22. The molecule has 0 aliphatic heterocycles. The predicted molar refractivity (Wildman–Crippen MR) is 77.9 cm³/mol. The van der Waals surface area contributed by atoms with Crippen LogP contribution >= 0.6 is 11.3 Å². The molecule has 0 saturated carbocycles. The highest BCUT2D eigenvalue weighted by atomic mass is 32.1. The van der Waals surface area contributed by atoms with Gasteiger partial charge in [0.25, 0.3) is 0 Å². The molecule has 20 heavy (non-hydrogen) atoms. The third-order valence-electron chi connectivity index (χ3n) is 2.81. The first-order valence-electron chi connectivity index (χ1n) is 6.19. The molecule has 3 aromatic rings. The van der Waals surface area contributed by atoms with Crippen LogP contribution in [0.25, 0.3) is 10.2 Å². The molecular weight excluding hydrogens is 274 g/mol. The Morgan fingerprint density at radius 2 is 2.20 bits per heavy atom. The van der Waals surface area contributed by atoms with Gasteiger partial charge in [0, 0.05) is 6.07 Å². The van der Waals surface area contributed by atoms with E-state index < -0.39 is 0 Å². The highest BCUT2D eigenvalue weighted by Gasteiger charge is 2.11. The van der Waals surface area contributed by atoms with Crippen molar-refractivity contribution in [2.45, 2.75) is 20.3 Å². The Morgan fingerprint density at radius 1 is 1.35 bits per heavy atom. The quantitative estimate of drug-likeness (QED) is 0.803. The van der Waals surface area contributed by atoms with Crippen LogP contribution in [0.5, 0.6) is 0 Å². The number of nitrogens with one attached hydrogen (secondary N) is 1. The van der Waals surface area contributed by atoms with Gasteiger partial charge in [0.05, 0.1) is 22.3 Å². The molecule has 6 heteroatoms. The lowest BCUT2D eigenvalue weighted by atomic mass is 10.2. The van der Waals surface area contributed by atoms with Gasteiger partial charge in [-0.15, -0.1) is 0 Å². The zero-order valence-electron chi connectivity index (χ0n) is 11.1. The molecule has 0 aliphatic carbocycles. The van der Waals surface area contributed by atoms with Crippen LogP contribution in [0.15, 0.2) is 28.8 Å². The Morgan fingerprint density at radius 3 is 2.95 bits per heavy atom. The van der Waals surface area contributed by atoms with Crippen LogP contribution in [0.4, 0.5) is 5.13 Å². The Hall–Kier alpha value is -2.21. The molecule has 0 unspecified atom stereocenters. The van der Waals surface area contributed by atoms with Crippen LogP contribution in [0.1, 0.15) is 17.0 Å². The van der Waals surface area contributed by atoms with Crippen LogP contribution in [0, 0.1) is 13.8 Å². The number of rotatable bonds is 3. The number of anilines is 1. The van der Waals surface area contributed by atoms with Crippen molar-refractivity contribution >= 4 is 32.6 Å². The number of hydrogen-bond donors (Lipinski definition) is 1. The zero-order valence-corrected chi connectivity index (χ0v) is 12.0. The Kier molecular flexibility index (Phi) is 3.23. The van der Waals surface area contributed by atoms with E-state index in [0.717, 1.165) is 10.2 Å². The molecule has 0 saturated heterocycles. The number of aromatic nitrogens is 2. The van der Waals surface area contributed by atoms with Gasteiger partial charge in [0.15, 0.2) is 5.13 Å². The number of fused-ring (bicyclic) bond motifs is 1. The van der Waals surface area contributed by atoms with Crippen molar-refractivity contribution in [3.63, 3.8) is 0 Å². The number of thiazole rings is 1. The summed E-state index contributed by atoms with van der Waals surface area (Å²) in [6, 6.07) is 7.77. The number of hydrogen-bond acceptors (Lipinski definition) is 5. The molecule has 102 valence electrons. The van der Waals surface area contributed by atoms with Crippen molar-refractivity contribution < 1.29 is 9.32 Å². The molecule has 1 N–H and O–H groups in total. The normalized spacial score (nSPS) is 10.9. The van der Waals surface area contributed by atoms with E-state index in [9.17, 15) is 4.79 Å². The topological polar surface area (TPSA) is 68.0 Å². The summed E-state index contributed by atoms with van der Waals surface area (Å²) in [7, 11) is 0. The predicted octanol–water partition coefficient (Wildman–Crippen LogP) is 3.08. The van der Waals surface area contributed by atoms with Gasteiger partial charge in [-0.2, -0.15) is 0 Å². The molecule has 1 aromatic carbocycles. The maximum absolute atomic E-state index is 11.9. The first-order chi connectivity index (χ1) is 9.60. The van der Waals surface area contributed by atoms with E-state index in [1.54, 1.807) is 13.0 Å². The van der Waals surface area contributed by atoms with E-state index in [-0.39, 0.29) is 12.3 Å². The summed E-state index contributed by atoms with van der Waals surface area (Å²) in [6.45, 7) is 3.83. The minimum Gasteiger partial charge on any atom is -0.361 e. The van der Waals surface area contributed by atoms with Gasteiger partial charge in [0.2, 0.25) is 5.91 Å². The summed E-state index contributed by atoms with van der Waals surface area (Å²) in [6.07, 6.45) is 0.187. The Labute approximate surface area is 119 Å². The molecule has 5 nitrogen and oxygen atoms in total. The second kappa shape index (κ2) is 5.05. The minimum absolute atomic E-state index is 0.144. The summed E-state index contributed by atoms with van der Waals surface area (Å²) in [5.41, 5.74) is 2.70. The van der Waals surface area contributed by atoms with E-state index in [0.29, 0.717) is 16.6 Å². The molecule has 0 aliphatic rings. The van der Waals surface area contributed by atoms with Gasteiger partial charge in [-0.3, -0.25) is 4.79 Å². The third kappa shape index (κ3) is 2.70. The standard InChI is InChI=1S/C14H13N3O2S/c1-8-3-4-11-12(5-8)20-14(15-11)16-13(18)7-10-6-9(2)19-17-10/h3-6H,7H2,1-2H3,(H,15,16,18). The van der Waals surface area contributed by atoms with E-state index in [2.05, 4.69) is 21.5 Å². The van der Waals surface area contributed by atoms with E-state index in [1.807, 2.05) is 19.1 Å². The molecule has 0 spiro atoms. The lowest BCUT2D eigenvalue weighted by molar-refractivity contribution is -0.115. The van der Waals surface area contributed by atoms with Crippen molar-refractivity contribution in [3.05, 3.63) is 41.3 Å². The Balaban J connectivity index is 1.73. The number of benzene rings is 1. The average Bonchev–Trinajstić information content (AvgIpc) is 2.94. The van der Waals surface area contributed by atoms with Gasteiger partial charge < -0.3 is 9.84 Å². The molecule has 0 bridgehead atoms. The summed E-state index contributed by atoms with van der Waals surface area (Å²) in [5.74, 6) is 0.553. The SMILES string of the molecule is Cc1ccc2nc(NC(=O)Cc3cc(C)on3)sc2c1. The highest BCUT2D eigenvalue weighted by Crippen LogP contribution is 2.26. The van der Waals surface area contributed by atoms with Crippen molar-refractivity contribution in [1.29, 1.82) is 0 Å². The Bertz CT molecular complexity index is 776. The molecule has 1 amide bonds. The van der Waals surface area contributed by atoms with Crippen LogP contribution < -0.4 is 5.32 Å². The number of carbonyl (C=O) groups excluding carboxylic acids is 1. The second-order valence-corrected chi connectivity index (χ2v) is 5.67. The molecule has 0 atom stereocenters. The third-order valence-corrected chi connectivity index (χ3v) is 3.74. The fourth-order valence-corrected chi connectivity index (χ4v) is 2.89. The molecule has 2 aromatic heterocycles. The zero-order chi connectivity index (χ0) is 14.1. The van der Waals surface area contributed by atoms with Crippen molar-refractivity contribution in [3.8, 4) is 0 Å². The van der Waals surface area contributed by atoms with Gasteiger partial charge in [-0.05, 0) is 31.5 Å². The average molecular weight is 287 g/mol. The number of aryl methyl sites for hydroxylation is 2. The minimum atomic E-state index is -0.144. The lowest BCUT2D eigenvalue weighted by Crippen LogP contribution is -2.14. The first-order valence-corrected chi connectivity index (χ1v) is 7.01. The smallest absolute Gasteiger partial charge is 0.232 e. The maximum atomic E-state index is 11.9. The number of nitrogens with zero attached hydrogens (tertiary/aromatic N) is 2. The fourth-order valence-electron chi connectivity index (χ4n) is 1.91. The molecular formula is C14H13N3O2S. The number of amides is 1. The van der Waals surface area contributed by atoms with Gasteiger partial charge in [-0.1, -0.05) is 22.6 Å². The van der Waals surface area contributed by atoms with Crippen molar-refractivity contribution in [1.82, 2.24) is 10.1 Å². The first kappa shape index (κ1) is 12.8. The van der Waals surface area contributed by atoms with Gasteiger partial charge >= 0.3 is 0 Å². The van der Waals surface area contributed by atoms with Crippen molar-refractivity contribution in [2.75, 3.05) is 5.32 Å². The van der Waals surface area contributed by atoms with Crippen LogP contribution in [0.2, 0.25) is 0 Å². The number of carbonyl (C=O) groups is 1. The van der Waals surface area contributed by atoms with Crippen molar-refractivity contribution in [2.24, 2.45) is 0 Å². The van der Waals surface area contributed by atoms with E-state index >= 15 is 0 Å². The fraction of sp³-hybridized carbons (Fsp3) is 0.214. The van der Waals surface area contributed by atoms with E-state index in [1.165, 1.54) is 16.9 Å². The van der Waals surface area contributed by atoms with Gasteiger partial charge in [0.1, 0.15) is 5.76 Å². The second-order valence-electron chi connectivity index (χ2n) is 4.64. The van der Waals surface area contributed by atoms with Gasteiger partial charge in [-0.25, -0.2) is 4.98 Å². The van der Waals surface area contributed by atoms with Crippen LogP contribution in [0.3, 0.4) is 0 Å². The monoisotopic (exact) mass is 287 g/mol. The van der Waals surface area contributed by atoms with Crippen LogP contribution in [-0.2, 0) is 11.2 Å². The van der Waals surface area contributed by atoms with Crippen LogP contribution in [-0.4, -0.2) is 16.0 Å². The maximum Gasteiger partial charge on any atom is 0.232 e. The molecule has 3 rings (SSSR count).